The van der Waals surface area contributed by atoms with Crippen molar-refractivity contribution in [2.75, 3.05) is 18.4 Å². The molecule has 134 valence electrons. The van der Waals surface area contributed by atoms with Gasteiger partial charge < -0.3 is 9.47 Å². The zero-order valence-electron chi connectivity index (χ0n) is 12.8. The van der Waals surface area contributed by atoms with Crippen molar-refractivity contribution >= 4 is 56.5 Å². The summed E-state index contributed by atoms with van der Waals surface area (Å²) in [5.74, 6) is -0.441. The maximum Gasteiger partial charge on any atom is 0.343 e. The quantitative estimate of drug-likeness (QED) is 0.709. The van der Waals surface area contributed by atoms with Crippen LogP contribution in [0.4, 0.5) is 5.69 Å². The molecule has 0 amide bonds. The van der Waals surface area contributed by atoms with E-state index in [0.717, 1.165) is 0 Å². The monoisotopic (exact) mass is 423 g/mol. The predicted molar refractivity (Wildman–Crippen MR) is 96.2 cm³/mol. The number of carbonyl (C=O) groups excluding carboxylic acids is 1. The lowest BCUT2D eigenvalue weighted by Gasteiger charge is -2.11. The van der Waals surface area contributed by atoms with Gasteiger partial charge in [0.2, 0.25) is 0 Å². The third-order valence-corrected chi connectivity index (χ3v) is 5.01. The van der Waals surface area contributed by atoms with E-state index in [1.54, 1.807) is 0 Å². The minimum Gasteiger partial charge on any atom is -0.480 e. The first kappa shape index (κ1) is 19.7. The van der Waals surface area contributed by atoms with Gasteiger partial charge in [-0.05, 0) is 36.4 Å². The van der Waals surface area contributed by atoms with Crippen LogP contribution in [-0.4, -0.2) is 28.1 Å². The third kappa shape index (κ3) is 5.40. The van der Waals surface area contributed by atoms with Crippen molar-refractivity contribution in [2.45, 2.75) is 4.90 Å². The van der Waals surface area contributed by atoms with E-state index in [4.69, 9.17) is 39.5 Å². The fourth-order valence-electron chi connectivity index (χ4n) is 1.79. The highest BCUT2D eigenvalue weighted by Crippen LogP contribution is 2.29. The van der Waals surface area contributed by atoms with Crippen LogP contribution in [0.15, 0.2) is 41.3 Å². The second-order valence-corrected chi connectivity index (χ2v) is 7.68. The molecule has 0 heterocycles. The van der Waals surface area contributed by atoms with Crippen LogP contribution in [0.1, 0.15) is 0 Å². The zero-order valence-corrected chi connectivity index (χ0v) is 15.8. The first-order valence-electron chi connectivity index (χ1n) is 6.69. The Morgan fingerprint density at radius 2 is 1.72 bits per heavy atom. The molecule has 0 aliphatic heterocycles. The molecule has 0 atom stereocenters. The van der Waals surface area contributed by atoms with Crippen molar-refractivity contribution in [2.24, 2.45) is 0 Å². The molecule has 0 unspecified atom stereocenters. The van der Waals surface area contributed by atoms with Gasteiger partial charge in [0.1, 0.15) is 5.75 Å². The number of carbonyl (C=O) groups is 1. The van der Waals surface area contributed by atoms with Gasteiger partial charge in [-0.15, -0.1) is 0 Å². The Labute approximate surface area is 159 Å². The Balaban J connectivity index is 2.21. The number of sulfonamides is 1. The van der Waals surface area contributed by atoms with Crippen LogP contribution in [-0.2, 0) is 19.6 Å². The van der Waals surface area contributed by atoms with Crippen molar-refractivity contribution in [1.29, 1.82) is 0 Å². The first-order valence-corrected chi connectivity index (χ1v) is 9.31. The van der Waals surface area contributed by atoms with Gasteiger partial charge in [0.25, 0.3) is 10.0 Å². The van der Waals surface area contributed by atoms with Crippen LogP contribution >= 0.6 is 34.8 Å². The Bertz CT molecular complexity index is 882. The summed E-state index contributed by atoms with van der Waals surface area (Å²) in [6.45, 7) is -0.346. The number of halogens is 3. The largest absolute Gasteiger partial charge is 0.480 e. The second kappa shape index (κ2) is 8.14. The number of hydrogen-bond donors (Lipinski definition) is 1. The number of hydrogen-bond acceptors (Lipinski definition) is 5. The maximum atomic E-state index is 12.4. The number of benzene rings is 2. The van der Waals surface area contributed by atoms with E-state index in [2.05, 4.69) is 9.46 Å². The Kier molecular flexibility index (Phi) is 6.40. The first-order chi connectivity index (χ1) is 11.7. The number of rotatable bonds is 6. The van der Waals surface area contributed by atoms with Gasteiger partial charge in [-0.1, -0.05) is 34.8 Å². The van der Waals surface area contributed by atoms with Crippen molar-refractivity contribution in [3.63, 3.8) is 0 Å². The molecule has 0 aromatic heterocycles. The van der Waals surface area contributed by atoms with Gasteiger partial charge in [0.15, 0.2) is 6.61 Å². The Hall–Kier alpha value is -1.67. The highest BCUT2D eigenvalue weighted by Gasteiger charge is 2.17. The highest BCUT2D eigenvalue weighted by molar-refractivity contribution is 7.92. The van der Waals surface area contributed by atoms with Gasteiger partial charge >= 0.3 is 5.97 Å². The molecule has 0 saturated carbocycles. The Morgan fingerprint density at radius 1 is 1.08 bits per heavy atom. The molecule has 0 fully saturated rings. The number of ether oxygens (including phenoxy) is 2. The number of anilines is 1. The molecule has 0 spiro atoms. The summed E-state index contributed by atoms with van der Waals surface area (Å²) in [5.41, 5.74) is 0.208. The van der Waals surface area contributed by atoms with E-state index in [1.165, 1.54) is 43.5 Å². The van der Waals surface area contributed by atoms with Crippen LogP contribution in [0.3, 0.4) is 0 Å². The van der Waals surface area contributed by atoms with Crippen LogP contribution in [0.25, 0.3) is 0 Å². The van der Waals surface area contributed by atoms with E-state index in [1.807, 2.05) is 0 Å². The molecule has 0 aliphatic carbocycles. The molecular weight excluding hydrogens is 413 g/mol. The van der Waals surface area contributed by atoms with E-state index >= 15 is 0 Å². The van der Waals surface area contributed by atoms with Crippen molar-refractivity contribution in [3.8, 4) is 5.75 Å². The molecule has 10 heteroatoms. The standard InChI is InChI=1S/C15H12Cl3NO5S/c1-23-15(20)8-24-14-3-2-12(7-13(14)18)25(21,22)19-11-5-9(16)4-10(17)6-11/h2-7,19H,8H2,1H3. The predicted octanol–water partition coefficient (Wildman–Crippen LogP) is 4.00. The summed E-state index contributed by atoms with van der Waals surface area (Å²) in [5, 5.41) is 0.598. The van der Waals surface area contributed by atoms with Crippen LogP contribution in [0, 0.1) is 0 Å². The smallest absolute Gasteiger partial charge is 0.343 e. The lowest BCUT2D eigenvalue weighted by Crippen LogP contribution is -2.14. The van der Waals surface area contributed by atoms with Gasteiger partial charge in [0.05, 0.1) is 22.7 Å². The number of nitrogens with one attached hydrogen (secondary N) is 1. The average molecular weight is 425 g/mol. The van der Waals surface area contributed by atoms with Crippen LogP contribution in [0.5, 0.6) is 5.75 Å². The van der Waals surface area contributed by atoms with E-state index in [-0.39, 0.29) is 38.0 Å². The molecule has 2 rings (SSSR count). The molecule has 0 saturated heterocycles. The van der Waals surface area contributed by atoms with Crippen molar-refractivity contribution in [1.82, 2.24) is 0 Å². The van der Waals surface area contributed by atoms with E-state index in [0.29, 0.717) is 0 Å². The summed E-state index contributed by atoms with van der Waals surface area (Å²) in [7, 11) is -2.70. The fourth-order valence-corrected chi connectivity index (χ4v) is 3.68. The summed E-state index contributed by atoms with van der Waals surface area (Å²) in [6, 6.07) is 8.13. The number of methoxy groups -OCH3 is 1. The van der Waals surface area contributed by atoms with E-state index < -0.39 is 16.0 Å². The van der Waals surface area contributed by atoms with Crippen molar-refractivity contribution < 1.29 is 22.7 Å². The molecule has 0 radical (unpaired) electrons. The molecule has 0 bridgehead atoms. The average Bonchev–Trinajstić information content (AvgIpc) is 2.51. The minimum absolute atomic E-state index is 0.0240. The van der Waals surface area contributed by atoms with Gasteiger partial charge in [-0.25, -0.2) is 13.2 Å². The number of esters is 1. The normalized spacial score (nSPS) is 11.0. The van der Waals surface area contributed by atoms with Crippen LogP contribution in [0.2, 0.25) is 15.1 Å². The lowest BCUT2D eigenvalue weighted by atomic mass is 10.3. The fraction of sp³-hybridized carbons (Fsp3) is 0.133. The van der Waals surface area contributed by atoms with Crippen molar-refractivity contribution in [3.05, 3.63) is 51.5 Å². The maximum absolute atomic E-state index is 12.4. The third-order valence-electron chi connectivity index (χ3n) is 2.90. The van der Waals surface area contributed by atoms with Gasteiger partial charge in [-0.3, -0.25) is 4.72 Å². The summed E-state index contributed by atoms with van der Waals surface area (Å²) in [4.78, 5) is 11.0. The molecule has 2 aromatic rings. The van der Waals surface area contributed by atoms with Gasteiger partial charge in [0, 0.05) is 10.0 Å². The second-order valence-electron chi connectivity index (χ2n) is 4.72. The highest BCUT2D eigenvalue weighted by atomic mass is 35.5. The molecule has 6 nitrogen and oxygen atoms in total. The molecular formula is C15H12Cl3NO5S. The lowest BCUT2D eigenvalue weighted by molar-refractivity contribution is -0.142. The molecule has 1 N–H and O–H groups in total. The Morgan fingerprint density at radius 3 is 2.28 bits per heavy atom. The molecule has 2 aromatic carbocycles. The zero-order chi connectivity index (χ0) is 18.6. The van der Waals surface area contributed by atoms with Gasteiger partial charge in [-0.2, -0.15) is 0 Å². The topological polar surface area (TPSA) is 81.7 Å². The molecule has 25 heavy (non-hydrogen) atoms. The minimum atomic E-state index is -3.92. The summed E-state index contributed by atoms with van der Waals surface area (Å²) < 4.78 is 36.8. The summed E-state index contributed by atoms with van der Waals surface area (Å²) >= 11 is 17.7. The summed E-state index contributed by atoms with van der Waals surface area (Å²) in [6.07, 6.45) is 0. The van der Waals surface area contributed by atoms with E-state index in [9.17, 15) is 13.2 Å². The molecule has 0 aliphatic rings. The SMILES string of the molecule is COC(=O)COc1ccc(S(=O)(=O)Nc2cc(Cl)cc(Cl)c2)cc1Cl. The van der Waals surface area contributed by atoms with Crippen LogP contribution < -0.4 is 9.46 Å².